The van der Waals surface area contributed by atoms with E-state index in [4.69, 9.17) is 26.2 Å². The number of para-hydroxylation sites is 1. The lowest BCUT2D eigenvalue weighted by Crippen LogP contribution is -2.42. The van der Waals surface area contributed by atoms with E-state index in [9.17, 15) is 9.59 Å². The van der Waals surface area contributed by atoms with Crippen molar-refractivity contribution in [2.45, 2.75) is 26.2 Å². The molecule has 3 amide bonds. The molecule has 0 saturated carbocycles. The standard InChI is InChI=1S/C26H32ClN5O4/c1-26(2,3)22-16-23(32(30-22)21-12-7-6-11-20(21)27)29-24(33)17-31(13-14-35-4)25(34)28-18-9-8-10-19(15-18)36-5/h6-12,15-16H,13-14,17H2,1-5H3,(H,28,34)(H,29,33). The van der Waals surface area contributed by atoms with E-state index in [0.29, 0.717) is 28.0 Å². The second-order valence-corrected chi connectivity index (χ2v) is 9.56. The molecule has 0 aliphatic rings. The van der Waals surface area contributed by atoms with Gasteiger partial charge in [-0.15, -0.1) is 0 Å². The smallest absolute Gasteiger partial charge is 0.322 e. The fourth-order valence-corrected chi connectivity index (χ4v) is 3.57. The van der Waals surface area contributed by atoms with Crippen LogP contribution in [0, 0.1) is 0 Å². The third-order valence-corrected chi connectivity index (χ3v) is 5.65. The van der Waals surface area contributed by atoms with Gasteiger partial charge in [-0.1, -0.05) is 50.6 Å². The Kier molecular flexibility index (Phi) is 8.95. The summed E-state index contributed by atoms with van der Waals surface area (Å²) < 4.78 is 12.0. The highest BCUT2D eigenvalue weighted by molar-refractivity contribution is 6.32. The van der Waals surface area contributed by atoms with E-state index < -0.39 is 6.03 Å². The van der Waals surface area contributed by atoms with E-state index in [1.165, 1.54) is 12.0 Å². The molecule has 0 bridgehead atoms. The number of hydrogen-bond acceptors (Lipinski definition) is 5. The summed E-state index contributed by atoms with van der Waals surface area (Å²) in [7, 11) is 3.09. The Morgan fingerprint density at radius 2 is 1.81 bits per heavy atom. The first-order valence-electron chi connectivity index (χ1n) is 11.5. The van der Waals surface area contributed by atoms with E-state index in [1.807, 2.05) is 45.0 Å². The van der Waals surface area contributed by atoms with Crippen molar-refractivity contribution in [3.05, 3.63) is 65.3 Å². The second-order valence-electron chi connectivity index (χ2n) is 9.15. The van der Waals surface area contributed by atoms with Crippen LogP contribution in [0.4, 0.5) is 16.3 Å². The molecule has 3 aromatic rings. The minimum absolute atomic E-state index is 0.197. The van der Waals surface area contributed by atoms with Crippen LogP contribution in [0.1, 0.15) is 26.5 Å². The number of halogens is 1. The first-order chi connectivity index (χ1) is 17.1. The Bertz CT molecular complexity index is 1210. The summed E-state index contributed by atoms with van der Waals surface area (Å²) in [5.74, 6) is 0.676. The van der Waals surface area contributed by atoms with Gasteiger partial charge in [-0.2, -0.15) is 5.10 Å². The SMILES string of the molecule is COCCN(CC(=O)Nc1cc(C(C)(C)C)nn1-c1ccccc1Cl)C(=O)Nc1cccc(OC)c1. The molecule has 1 aromatic heterocycles. The lowest BCUT2D eigenvalue weighted by atomic mass is 9.92. The van der Waals surface area contributed by atoms with Crippen molar-refractivity contribution in [1.29, 1.82) is 0 Å². The molecule has 0 atom stereocenters. The van der Waals surface area contributed by atoms with Crippen LogP contribution in [0.15, 0.2) is 54.6 Å². The average molecular weight is 514 g/mol. The van der Waals surface area contributed by atoms with Crippen LogP contribution >= 0.6 is 11.6 Å². The monoisotopic (exact) mass is 513 g/mol. The van der Waals surface area contributed by atoms with E-state index >= 15 is 0 Å². The third kappa shape index (κ3) is 6.99. The molecule has 0 aliphatic carbocycles. The lowest BCUT2D eigenvalue weighted by Gasteiger charge is -2.22. The van der Waals surface area contributed by atoms with Crippen molar-refractivity contribution in [1.82, 2.24) is 14.7 Å². The number of amides is 3. The van der Waals surface area contributed by atoms with Crippen molar-refractivity contribution >= 4 is 35.0 Å². The van der Waals surface area contributed by atoms with E-state index in [0.717, 1.165) is 5.69 Å². The molecule has 9 nitrogen and oxygen atoms in total. The van der Waals surface area contributed by atoms with Gasteiger partial charge in [-0.25, -0.2) is 9.48 Å². The van der Waals surface area contributed by atoms with Gasteiger partial charge in [-0.3, -0.25) is 4.79 Å². The predicted octanol–water partition coefficient (Wildman–Crippen LogP) is 4.95. The van der Waals surface area contributed by atoms with Gasteiger partial charge in [0.25, 0.3) is 0 Å². The molecular weight excluding hydrogens is 482 g/mol. The Balaban J connectivity index is 1.81. The second kappa shape index (κ2) is 11.9. The first kappa shape index (κ1) is 27.0. The molecule has 0 spiro atoms. The summed E-state index contributed by atoms with van der Waals surface area (Å²) in [4.78, 5) is 27.5. The Hall–Kier alpha value is -3.56. The fraction of sp³-hybridized carbons (Fsp3) is 0.346. The molecular formula is C26H32ClN5O4. The van der Waals surface area contributed by atoms with Gasteiger partial charge in [0.2, 0.25) is 5.91 Å². The number of aromatic nitrogens is 2. The Morgan fingerprint density at radius 3 is 2.47 bits per heavy atom. The van der Waals surface area contributed by atoms with E-state index in [-0.39, 0.29) is 31.0 Å². The van der Waals surface area contributed by atoms with Gasteiger partial charge >= 0.3 is 6.03 Å². The van der Waals surface area contributed by atoms with Crippen molar-refractivity contribution in [2.75, 3.05) is 44.5 Å². The largest absolute Gasteiger partial charge is 0.497 e. The van der Waals surface area contributed by atoms with Gasteiger partial charge in [0, 0.05) is 36.9 Å². The summed E-state index contributed by atoms with van der Waals surface area (Å²) in [6.45, 7) is 6.40. The molecule has 0 unspecified atom stereocenters. The van der Waals surface area contributed by atoms with Crippen LogP contribution in [-0.2, 0) is 14.9 Å². The number of carbonyl (C=O) groups is 2. The maximum Gasteiger partial charge on any atom is 0.322 e. The highest BCUT2D eigenvalue weighted by Gasteiger charge is 2.24. The number of anilines is 2. The highest BCUT2D eigenvalue weighted by Crippen LogP contribution is 2.29. The fourth-order valence-electron chi connectivity index (χ4n) is 3.36. The topological polar surface area (TPSA) is 97.7 Å². The number of urea groups is 1. The number of nitrogens with zero attached hydrogens (tertiary/aromatic N) is 3. The number of methoxy groups -OCH3 is 2. The zero-order valence-corrected chi connectivity index (χ0v) is 21.9. The number of rotatable bonds is 9. The van der Waals surface area contributed by atoms with Crippen LogP contribution in [0.3, 0.4) is 0 Å². The highest BCUT2D eigenvalue weighted by atomic mass is 35.5. The molecule has 2 N–H and O–H groups in total. The van der Waals surface area contributed by atoms with Crippen molar-refractivity contribution in [3.63, 3.8) is 0 Å². The summed E-state index contributed by atoms with van der Waals surface area (Å²) in [6.07, 6.45) is 0. The zero-order chi connectivity index (χ0) is 26.3. The maximum absolute atomic E-state index is 13.1. The molecule has 10 heteroatoms. The molecule has 192 valence electrons. The minimum atomic E-state index is -0.439. The van der Waals surface area contributed by atoms with Gasteiger partial charge in [-0.05, 0) is 24.3 Å². The van der Waals surface area contributed by atoms with Crippen molar-refractivity contribution in [3.8, 4) is 11.4 Å². The summed E-state index contributed by atoms with van der Waals surface area (Å²) in [6, 6.07) is 15.6. The number of benzene rings is 2. The Labute approximate surface area is 216 Å². The maximum atomic E-state index is 13.1. The van der Waals surface area contributed by atoms with Crippen molar-refractivity contribution < 1.29 is 19.1 Å². The predicted molar refractivity (Wildman–Crippen MR) is 141 cm³/mol. The molecule has 0 aliphatic heterocycles. The van der Waals surface area contributed by atoms with Gasteiger partial charge in [0.15, 0.2) is 0 Å². The molecule has 1 heterocycles. The normalized spacial score (nSPS) is 11.2. The van der Waals surface area contributed by atoms with Gasteiger partial charge < -0.3 is 25.0 Å². The lowest BCUT2D eigenvalue weighted by molar-refractivity contribution is -0.116. The number of carbonyl (C=O) groups excluding carboxylic acids is 2. The van der Waals surface area contributed by atoms with E-state index in [2.05, 4.69) is 10.6 Å². The molecule has 0 saturated heterocycles. The van der Waals surface area contributed by atoms with Crippen LogP contribution in [0.5, 0.6) is 5.75 Å². The first-order valence-corrected chi connectivity index (χ1v) is 11.8. The Morgan fingerprint density at radius 1 is 1.06 bits per heavy atom. The van der Waals surface area contributed by atoms with E-state index in [1.54, 1.807) is 42.1 Å². The molecule has 2 aromatic carbocycles. The average Bonchev–Trinajstić information content (AvgIpc) is 3.26. The van der Waals surface area contributed by atoms with Crippen LogP contribution in [0.25, 0.3) is 5.69 Å². The third-order valence-electron chi connectivity index (χ3n) is 5.33. The zero-order valence-electron chi connectivity index (χ0n) is 21.2. The van der Waals surface area contributed by atoms with Crippen molar-refractivity contribution in [2.24, 2.45) is 0 Å². The van der Waals surface area contributed by atoms with Crippen LogP contribution in [0.2, 0.25) is 5.02 Å². The van der Waals surface area contributed by atoms with Gasteiger partial charge in [0.05, 0.1) is 30.1 Å². The minimum Gasteiger partial charge on any atom is -0.497 e. The summed E-state index contributed by atoms with van der Waals surface area (Å²) in [5.41, 5.74) is 1.71. The number of nitrogens with one attached hydrogen (secondary N) is 2. The quantitative estimate of drug-likeness (QED) is 0.422. The van der Waals surface area contributed by atoms with Crippen LogP contribution < -0.4 is 15.4 Å². The summed E-state index contributed by atoms with van der Waals surface area (Å²) in [5, 5.41) is 10.9. The molecule has 0 radical (unpaired) electrons. The number of hydrogen-bond donors (Lipinski definition) is 2. The number of ether oxygens (including phenoxy) is 2. The molecule has 3 rings (SSSR count). The van der Waals surface area contributed by atoms with Crippen LogP contribution in [-0.4, -0.2) is 60.5 Å². The van der Waals surface area contributed by atoms with Gasteiger partial charge in [0.1, 0.15) is 18.1 Å². The molecule has 0 fully saturated rings. The summed E-state index contributed by atoms with van der Waals surface area (Å²) >= 11 is 6.42. The molecule has 36 heavy (non-hydrogen) atoms.